The van der Waals surface area contributed by atoms with Crippen LogP contribution in [0.5, 0.6) is 0 Å². The fourth-order valence-electron chi connectivity index (χ4n) is 8.56. The van der Waals surface area contributed by atoms with Crippen LogP contribution in [0.2, 0.25) is 0 Å². The molecule has 7 aromatic rings. The predicted octanol–water partition coefficient (Wildman–Crippen LogP) is 11.3. The molecule has 2 unspecified atom stereocenters. The third-order valence-corrected chi connectivity index (χ3v) is 11.1. The molecule has 0 bridgehead atoms. The van der Waals surface area contributed by atoms with Gasteiger partial charge < -0.3 is 9.88 Å². The number of aromatic nitrogens is 1. The topological polar surface area (TPSA) is 29.0 Å². The maximum Gasteiger partial charge on any atom is 0.104 e. The molecule has 0 spiro atoms. The van der Waals surface area contributed by atoms with Gasteiger partial charge in [-0.3, -0.25) is 5.32 Å². The van der Waals surface area contributed by atoms with Gasteiger partial charge in [-0.2, -0.15) is 0 Å². The maximum atomic E-state index is 3.91. The SMILES string of the molecule is C1=CCCC(c2ccc(C3NC(c4cccc(-n5c6c(c7c8ccccc8ccc75)-c5ccccc5CC6)c4)=CC(c4ccccc4)N3)cc2)=C1. The van der Waals surface area contributed by atoms with Crippen LogP contribution in [-0.4, -0.2) is 4.57 Å². The lowest BCUT2D eigenvalue weighted by Gasteiger charge is -2.33. The number of aryl methyl sites for hydroxylation is 1. The Labute approximate surface area is 299 Å². The molecule has 1 aliphatic heterocycles. The van der Waals surface area contributed by atoms with E-state index in [-0.39, 0.29) is 12.2 Å². The molecule has 2 aliphatic carbocycles. The van der Waals surface area contributed by atoms with Gasteiger partial charge >= 0.3 is 0 Å². The van der Waals surface area contributed by atoms with Crippen molar-refractivity contribution in [3.05, 3.63) is 197 Å². The van der Waals surface area contributed by atoms with E-state index in [1.807, 2.05) is 0 Å². The largest absolute Gasteiger partial charge is 0.366 e. The molecule has 2 heterocycles. The Morgan fingerprint density at radius 2 is 1.49 bits per heavy atom. The van der Waals surface area contributed by atoms with E-state index in [4.69, 9.17) is 0 Å². The Morgan fingerprint density at radius 3 is 2.37 bits per heavy atom. The summed E-state index contributed by atoms with van der Waals surface area (Å²) in [6.07, 6.45) is 13.2. The van der Waals surface area contributed by atoms with Crippen LogP contribution < -0.4 is 10.6 Å². The average molecular weight is 658 g/mol. The van der Waals surface area contributed by atoms with Crippen LogP contribution in [0.25, 0.3) is 49.8 Å². The van der Waals surface area contributed by atoms with Crippen molar-refractivity contribution in [2.75, 3.05) is 0 Å². The van der Waals surface area contributed by atoms with Crippen molar-refractivity contribution < 1.29 is 0 Å². The zero-order chi connectivity index (χ0) is 33.7. The number of allylic oxidation sites excluding steroid dienone is 4. The number of hydrogen-bond donors (Lipinski definition) is 2. The number of rotatable bonds is 5. The second-order valence-electron chi connectivity index (χ2n) is 14.0. The lowest BCUT2D eigenvalue weighted by Crippen LogP contribution is -2.39. The van der Waals surface area contributed by atoms with E-state index < -0.39 is 0 Å². The van der Waals surface area contributed by atoms with Gasteiger partial charge in [0.05, 0.1) is 11.6 Å². The smallest absolute Gasteiger partial charge is 0.104 e. The number of benzene rings is 6. The van der Waals surface area contributed by atoms with Gasteiger partial charge in [0.25, 0.3) is 0 Å². The Hall–Kier alpha value is -5.90. The summed E-state index contributed by atoms with van der Waals surface area (Å²) in [5.41, 5.74) is 15.6. The fraction of sp³-hybridized carbons (Fsp3) is 0.125. The minimum absolute atomic E-state index is 0.0452. The zero-order valence-electron chi connectivity index (χ0n) is 28.5. The standard InChI is InChI=1S/C48H39N3/c1-3-12-32(13-4-1)33-22-24-37(25-23-33)48-49-42(36-16-5-2-6-17-36)31-43(50-48)38-18-11-19-39(30-38)51-44-28-26-34-14-7-9-20-40(34)46(44)47-41-21-10-8-15-35(41)27-29-45(47)51/h1-3,5-12,14-26,28,30-31,42,48-50H,4,13,27,29H2. The highest BCUT2D eigenvalue weighted by atomic mass is 15.2. The van der Waals surface area contributed by atoms with Crippen molar-refractivity contribution in [3.8, 4) is 16.8 Å². The summed E-state index contributed by atoms with van der Waals surface area (Å²) in [5.74, 6) is 0. The number of fused-ring (bicyclic) bond motifs is 7. The van der Waals surface area contributed by atoms with Crippen LogP contribution in [0.1, 0.15) is 58.6 Å². The predicted molar refractivity (Wildman–Crippen MR) is 213 cm³/mol. The van der Waals surface area contributed by atoms with E-state index in [9.17, 15) is 0 Å². The first-order valence-corrected chi connectivity index (χ1v) is 18.3. The van der Waals surface area contributed by atoms with Crippen LogP contribution in [0.3, 0.4) is 0 Å². The van der Waals surface area contributed by atoms with E-state index in [0.29, 0.717) is 0 Å². The highest BCUT2D eigenvalue weighted by Crippen LogP contribution is 2.45. The average Bonchev–Trinajstić information content (AvgIpc) is 3.57. The normalized spacial score (nSPS) is 18.1. The van der Waals surface area contributed by atoms with Crippen molar-refractivity contribution in [2.24, 2.45) is 0 Å². The zero-order valence-corrected chi connectivity index (χ0v) is 28.5. The van der Waals surface area contributed by atoms with Gasteiger partial charge in [-0.25, -0.2) is 0 Å². The molecule has 0 saturated carbocycles. The van der Waals surface area contributed by atoms with Gasteiger partial charge in [0.15, 0.2) is 0 Å². The number of hydrogen-bond acceptors (Lipinski definition) is 2. The molecule has 3 heteroatoms. The third kappa shape index (κ3) is 5.24. The summed E-state index contributed by atoms with van der Waals surface area (Å²) in [4.78, 5) is 0. The second-order valence-corrected chi connectivity index (χ2v) is 14.0. The minimum atomic E-state index is -0.0452. The molecule has 246 valence electrons. The molecular weight excluding hydrogens is 619 g/mol. The maximum absolute atomic E-state index is 3.91. The van der Waals surface area contributed by atoms with Crippen LogP contribution in [-0.2, 0) is 12.8 Å². The first kappa shape index (κ1) is 30.0. The van der Waals surface area contributed by atoms with Crippen molar-refractivity contribution in [1.82, 2.24) is 15.2 Å². The van der Waals surface area contributed by atoms with Crippen LogP contribution in [0.4, 0.5) is 0 Å². The molecule has 2 N–H and O–H groups in total. The first-order chi connectivity index (χ1) is 25.3. The lowest BCUT2D eigenvalue weighted by molar-refractivity contribution is 0.442. The summed E-state index contributed by atoms with van der Waals surface area (Å²) >= 11 is 0. The van der Waals surface area contributed by atoms with Gasteiger partial charge in [0.2, 0.25) is 0 Å². The highest BCUT2D eigenvalue weighted by Gasteiger charge is 2.28. The Morgan fingerprint density at radius 1 is 0.647 bits per heavy atom. The van der Waals surface area contributed by atoms with E-state index in [1.54, 1.807) is 0 Å². The molecule has 0 radical (unpaired) electrons. The molecule has 3 aliphatic rings. The summed E-state index contributed by atoms with van der Waals surface area (Å²) in [7, 11) is 0. The van der Waals surface area contributed by atoms with Gasteiger partial charge in [-0.1, -0.05) is 140 Å². The Bertz CT molecular complexity index is 2530. The van der Waals surface area contributed by atoms with Crippen molar-refractivity contribution >= 4 is 32.9 Å². The second kappa shape index (κ2) is 12.5. The van der Waals surface area contributed by atoms with Gasteiger partial charge in [-0.15, -0.1) is 0 Å². The van der Waals surface area contributed by atoms with Crippen molar-refractivity contribution in [1.29, 1.82) is 0 Å². The molecule has 0 amide bonds. The molecule has 2 atom stereocenters. The van der Waals surface area contributed by atoms with Gasteiger partial charge in [0, 0.05) is 28.0 Å². The Kier molecular flexibility index (Phi) is 7.32. The number of nitrogens with zero attached hydrogens (tertiary/aromatic N) is 1. The molecule has 3 nitrogen and oxygen atoms in total. The molecular formula is C48H39N3. The summed E-state index contributed by atoms with van der Waals surface area (Å²) in [6.45, 7) is 0. The van der Waals surface area contributed by atoms with Gasteiger partial charge in [-0.05, 0) is 99.7 Å². The third-order valence-electron chi connectivity index (χ3n) is 11.1. The monoisotopic (exact) mass is 657 g/mol. The van der Waals surface area contributed by atoms with Gasteiger partial charge in [0.1, 0.15) is 6.17 Å². The minimum Gasteiger partial charge on any atom is -0.366 e. The van der Waals surface area contributed by atoms with Crippen molar-refractivity contribution in [2.45, 2.75) is 37.9 Å². The summed E-state index contributed by atoms with van der Waals surface area (Å²) in [5, 5.41) is 11.8. The molecule has 10 rings (SSSR count). The molecule has 1 aromatic heterocycles. The first-order valence-electron chi connectivity index (χ1n) is 18.3. The van der Waals surface area contributed by atoms with Crippen LogP contribution >= 0.6 is 0 Å². The fourth-order valence-corrected chi connectivity index (χ4v) is 8.56. The highest BCUT2D eigenvalue weighted by molar-refractivity contribution is 6.16. The molecule has 0 fully saturated rings. The van der Waals surface area contributed by atoms with E-state index in [1.165, 1.54) is 77.6 Å². The van der Waals surface area contributed by atoms with E-state index >= 15 is 0 Å². The van der Waals surface area contributed by atoms with Crippen molar-refractivity contribution in [3.63, 3.8) is 0 Å². The summed E-state index contributed by atoms with van der Waals surface area (Å²) in [6, 6.07) is 51.6. The summed E-state index contributed by atoms with van der Waals surface area (Å²) < 4.78 is 2.54. The van der Waals surface area contributed by atoms with E-state index in [2.05, 4.69) is 179 Å². The number of nitrogens with one attached hydrogen (secondary N) is 2. The molecule has 51 heavy (non-hydrogen) atoms. The molecule has 6 aromatic carbocycles. The lowest BCUT2D eigenvalue weighted by atomic mass is 9.87. The van der Waals surface area contributed by atoms with Crippen LogP contribution in [0, 0.1) is 0 Å². The quantitative estimate of drug-likeness (QED) is 0.193. The van der Waals surface area contributed by atoms with Crippen LogP contribution in [0.15, 0.2) is 164 Å². The van der Waals surface area contributed by atoms with E-state index in [0.717, 1.165) is 31.4 Å². The molecule has 0 saturated heterocycles. The Balaban J connectivity index is 1.09.